The second kappa shape index (κ2) is 3.59. The Morgan fingerprint density at radius 1 is 1.33 bits per heavy atom. The van der Waals surface area contributed by atoms with Crippen molar-refractivity contribution in [2.45, 2.75) is 13.5 Å². The first-order chi connectivity index (χ1) is 5.61. The molecule has 0 heterocycles. The molecule has 0 atom stereocenters. The molecule has 2 heteroatoms. The van der Waals surface area contributed by atoms with Gasteiger partial charge in [-0.3, -0.25) is 0 Å². The fraction of sp³-hybridized carbons (Fsp3) is 0.400. The summed E-state index contributed by atoms with van der Waals surface area (Å²) in [4.78, 5) is 2.04. The van der Waals surface area contributed by atoms with E-state index in [0.717, 1.165) is 17.7 Å². The first-order valence-electron chi connectivity index (χ1n) is 4.03. The highest BCUT2D eigenvalue weighted by atomic mass is 16.3. The zero-order valence-electron chi connectivity index (χ0n) is 7.83. The van der Waals surface area contributed by atoms with Crippen LogP contribution in [0.3, 0.4) is 0 Å². The molecule has 0 saturated carbocycles. The van der Waals surface area contributed by atoms with Gasteiger partial charge in [-0.15, -0.1) is 0 Å². The molecule has 0 unspecified atom stereocenters. The maximum atomic E-state index is 9.62. The Balaban J connectivity index is 2.92. The van der Waals surface area contributed by atoms with Crippen LogP contribution in [0, 0.1) is 6.92 Å². The number of rotatable bonds is 2. The molecule has 1 aromatic rings. The van der Waals surface area contributed by atoms with Gasteiger partial charge in [0.25, 0.3) is 0 Å². The average Bonchev–Trinajstić information content (AvgIpc) is 1.98. The van der Waals surface area contributed by atoms with E-state index >= 15 is 0 Å². The van der Waals surface area contributed by atoms with E-state index in [1.165, 1.54) is 0 Å². The molecule has 12 heavy (non-hydrogen) atoms. The number of phenolic OH excluding ortho intramolecular Hbond substituents is 1. The molecular weight excluding hydrogens is 150 g/mol. The van der Waals surface area contributed by atoms with Crippen molar-refractivity contribution in [3.05, 3.63) is 29.3 Å². The minimum absolute atomic E-state index is 0.422. The number of para-hydroxylation sites is 1. The minimum atomic E-state index is 0.422. The standard InChI is InChI=1S/C10H15NO/c1-8-5-4-6-9(10(8)12)7-11(2)3/h4-6,12H,7H2,1-3H3. The van der Waals surface area contributed by atoms with Crippen LogP contribution in [0.25, 0.3) is 0 Å². The van der Waals surface area contributed by atoms with E-state index < -0.39 is 0 Å². The first kappa shape index (κ1) is 9.07. The van der Waals surface area contributed by atoms with Gasteiger partial charge >= 0.3 is 0 Å². The third-order valence-electron chi connectivity index (χ3n) is 1.81. The van der Waals surface area contributed by atoms with Gasteiger partial charge in [0.15, 0.2) is 0 Å². The van der Waals surface area contributed by atoms with Gasteiger partial charge in [-0.2, -0.15) is 0 Å². The second-order valence-electron chi connectivity index (χ2n) is 3.32. The Bertz CT molecular complexity index is 269. The van der Waals surface area contributed by atoms with Gasteiger partial charge in [0.1, 0.15) is 5.75 Å². The van der Waals surface area contributed by atoms with Crippen LogP contribution in [0.1, 0.15) is 11.1 Å². The van der Waals surface area contributed by atoms with Crippen molar-refractivity contribution in [2.75, 3.05) is 14.1 Å². The molecule has 1 rings (SSSR count). The molecule has 66 valence electrons. The van der Waals surface area contributed by atoms with Crippen molar-refractivity contribution in [3.8, 4) is 5.75 Å². The van der Waals surface area contributed by atoms with Crippen LogP contribution in [0.4, 0.5) is 0 Å². The van der Waals surface area contributed by atoms with E-state index in [9.17, 15) is 5.11 Å². The molecule has 1 aromatic carbocycles. The van der Waals surface area contributed by atoms with Crippen LogP contribution in [0.5, 0.6) is 5.75 Å². The lowest BCUT2D eigenvalue weighted by atomic mass is 10.1. The van der Waals surface area contributed by atoms with Gasteiger partial charge in [0.05, 0.1) is 0 Å². The fourth-order valence-electron chi connectivity index (χ4n) is 1.19. The fourth-order valence-corrected chi connectivity index (χ4v) is 1.19. The molecule has 0 aliphatic carbocycles. The predicted octanol–water partition coefficient (Wildman–Crippen LogP) is 1.76. The summed E-state index contributed by atoms with van der Waals surface area (Å²) >= 11 is 0. The van der Waals surface area contributed by atoms with E-state index in [0.29, 0.717) is 5.75 Å². The van der Waals surface area contributed by atoms with Gasteiger partial charge in [0.2, 0.25) is 0 Å². The Morgan fingerprint density at radius 2 is 2.00 bits per heavy atom. The van der Waals surface area contributed by atoms with E-state index in [1.54, 1.807) is 0 Å². The lowest BCUT2D eigenvalue weighted by Crippen LogP contribution is -2.10. The predicted molar refractivity (Wildman–Crippen MR) is 50.2 cm³/mol. The SMILES string of the molecule is Cc1cccc(CN(C)C)c1O. The molecule has 0 aliphatic heterocycles. The Hall–Kier alpha value is -1.02. The number of hydrogen-bond acceptors (Lipinski definition) is 2. The largest absolute Gasteiger partial charge is 0.507 e. The molecule has 2 nitrogen and oxygen atoms in total. The van der Waals surface area contributed by atoms with Crippen molar-refractivity contribution in [1.82, 2.24) is 4.90 Å². The second-order valence-corrected chi connectivity index (χ2v) is 3.32. The van der Waals surface area contributed by atoms with Crippen LogP contribution < -0.4 is 0 Å². The molecule has 0 saturated heterocycles. The van der Waals surface area contributed by atoms with Crippen LogP contribution in [0.2, 0.25) is 0 Å². The highest BCUT2D eigenvalue weighted by Gasteiger charge is 2.03. The summed E-state index contributed by atoms with van der Waals surface area (Å²) in [7, 11) is 3.98. The molecular formula is C10H15NO. The lowest BCUT2D eigenvalue weighted by molar-refractivity contribution is 0.385. The van der Waals surface area contributed by atoms with Gasteiger partial charge < -0.3 is 10.0 Å². The van der Waals surface area contributed by atoms with E-state index in [-0.39, 0.29) is 0 Å². The smallest absolute Gasteiger partial charge is 0.122 e. The lowest BCUT2D eigenvalue weighted by Gasteiger charge is -2.11. The van der Waals surface area contributed by atoms with Gasteiger partial charge in [-0.25, -0.2) is 0 Å². The minimum Gasteiger partial charge on any atom is -0.507 e. The summed E-state index contributed by atoms with van der Waals surface area (Å²) in [6, 6.07) is 5.82. The Labute approximate surface area is 73.4 Å². The molecule has 0 radical (unpaired) electrons. The summed E-state index contributed by atoms with van der Waals surface area (Å²) in [5, 5.41) is 9.62. The maximum Gasteiger partial charge on any atom is 0.122 e. The molecule has 0 amide bonds. The van der Waals surface area contributed by atoms with Gasteiger partial charge in [0, 0.05) is 12.1 Å². The van der Waals surface area contributed by atoms with Gasteiger partial charge in [-0.1, -0.05) is 18.2 Å². The van der Waals surface area contributed by atoms with Crippen LogP contribution in [-0.4, -0.2) is 24.1 Å². The highest BCUT2D eigenvalue weighted by molar-refractivity contribution is 5.39. The van der Waals surface area contributed by atoms with Crippen LogP contribution >= 0.6 is 0 Å². The number of aromatic hydroxyl groups is 1. The Kier molecular flexibility index (Phi) is 2.71. The highest BCUT2D eigenvalue weighted by Crippen LogP contribution is 2.21. The average molecular weight is 165 g/mol. The summed E-state index contributed by atoms with van der Waals surface area (Å²) in [6.45, 7) is 2.70. The number of nitrogens with zero attached hydrogens (tertiary/aromatic N) is 1. The molecule has 0 bridgehead atoms. The van der Waals surface area contributed by atoms with E-state index in [1.807, 2.05) is 44.1 Å². The zero-order valence-corrected chi connectivity index (χ0v) is 7.83. The molecule has 0 spiro atoms. The van der Waals surface area contributed by atoms with E-state index in [2.05, 4.69) is 0 Å². The van der Waals surface area contributed by atoms with Crippen molar-refractivity contribution in [2.24, 2.45) is 0 Å². The summed E-state index contributed by atoms with van der Waals surface area (Å²) in [5.74, 6) is 0.422. The molecule has 1 N–H and O–H groups in total. The summed E-state index contributed by atoms with van der Waals surface area (Å²) in [6.07, 6.45) is 0. The van der Waals surface area contributed by atoms with Crippen molar-refractivity contribution in [3.63, 3.8) is 0 Å². The maximum absolute atomic E-state index is 9.62. The van der Waals surface area contributed by atoms with Crippen LogP contribution in [0.15, 0.2) is 18.2 Å². The van der Waals surface area contributed by atoms with Crippen molar-refractivity contribution in [1.29, 1.82) is 0 Å². The molecule has 0 aromatic heterocycles. The summed E-state index contributed by atoms with van der Waals surface area (Å²) < 4.78 is 0. The van der Waals surface area contributed by atoms with Gasteiger partial charge in [-0.05, 0) is 26.6 Å². The number of aryl methyl sites for hydroxylation is 1. The molecule has 0 fully saturated rings. The normalized spacial score (nSPS) is 10.7. The topological polar surface area (TPSA) is 23.5 Å². The van der Waals surface area contributed by atoms with Crippen molar-refractivity contribution >= 4 is 0 Å². The first-order valence-corrected chi connectivity index (χ1v) is 4.03. The van der Waals surface area contributed by atoms with E-state index in [4.69, 9.17) is 0 Å². The monoisotopic (exact) mass is 165 g/mol. The molecule has 0 aliphatic rings. The summed E-state index contributed by atoms with van der Waals surface area (Å²) in [5.41, 5.74) is 1.93. The van der Waals surface area contributed by atoms with Crippen LogP contribution in [-0.2, 0) is 6.54 Å². The number of hydrogen-bond donors (Lipinski definition) is 1. The van der Waals surface area contributed by atoms with Crippen molar-refractivity contribution < 1.29 is 5.11 Å². The zero-order chi connectivity index (χ0) is 9.14. The Morgan fingerprint density at radius 3 is 2.58 bits per heavy atom. The third kappa shape index (κ3) is 1.98. The quantitative estimate of drug-likeness (QED) is 0.721. The third-order valence-corrected chi connectivity index (χ3v) is 1.81. The number of phenols is 1. The number of benzene rings is 1.